The average Bonchev–Trinajstić information content (AvgIpc) is 2.68. The van der Waals surface area contributed by atoms with Crippen molar-refractivity contribution in [2.45, 2.75) is 13.3 Å². The number of rotatable bonds is 3. The molecule has 0 saturated heterocycles. The molecular formula is C12H10F2N2O2. The van der Waals surface area contributed by atoms with Gasteiger partial charge in [-0.2, -0.15) is 5.10 Å². The summed E-state index contributed by atoms with van der Waals surface area (Å²) in [6.07, 6.45) is -2.91. The van der Waals surface area contributed by atoms with Crippen molar-refractivity contribution in [3.8, 4) is 5.69 Å². The first-order chi connectivity index (χ1) is 8.52. The molecule has 4 nitrogen and oxygen atoms in total. The Hall–Kier alpha value is -2.24. The number of carboxylic acid groups (broad SMARTS) is 1. The Labute approximate surface area is 101 Å². The molecule has 0 saturated carbocycles. The molecule has 0 spiro atoms. The lowest BCUT2D eigenvalue weighted by Crippen LogP contribution is -2.07. The molecule has 2 aromatic rings. The molecule has 1 heterocycles. The molecule has 0 unspecified atom stereocenters. The predicted octanol–water partition coefficient (Wildman–Crippen LogP) is 2.82. The number of para-hydroxylation sites is 1. The Bertz CT molecular complexity index is 579. The van der Waals surface area contributed by atoms with Gasteiger partial charge in [-0.1, -0.05) is 18.2 Å². The van der Waals surface area contributed by atoms with Gasteiger partial charge in [0, 0.05) is 0 Å². The Balaban J connectivity index is 2.69. The topological polar surface area (TPSA) is 55.1 Å². The monoisotopic (exact) mass is 252 g/mol. The van der Waals surface area contributed by atoms with E-state index in [0.717, 1.165) is 4.68 Å². The molecule has 0 aliphatic rings. The number of aryl methyl sites for hydroxylation is 1. The highest BCUT2D eigenvalue weighted by Crippen LogP contribution is 2.27. The number of carbonyl (C=O) groups is 1. The number of benzene rings is 1. The number of nitrogens with zero attached hydrogens (tertiary/aromatic N) is 2. The summed E-state index contributed by atoms with van der Waals surface area (Å²) in [6, 6.07) is 8.25. The van der Waals surface area contributed by atoms with Crippen molar-refractivity contribution in [2.75, 3.05) is 0 Å². The lowest BCUT2D eigenvalue weighted by Gasteiger charge is -2.07. The van der Waals surface area contributed by atoms with Crippen molar-refractivity contribution in [1.82, 2.24) is 9.78 Å². The van der Waals surface area contributed by atoms with Crippen LogP contribution in [0.4, 0.5) is 8.78 Å². The number of carboxylic acids is 1. The third kappa shape index (κ3) is 1.97. The minimum Gasteiger partial charge on any atom is -0.478 e. The second-order valence-electron chi connectivity index (χ2n) is 3.70. The SMILES string of the molecule is Cc1nn(-c2ccccc2)c(C(F)F)c1C(=O)O. The van der Waals surface area contributed by atoms with Crippen molar-refractivity contribution < 1.29 is 18.7 Å². The molecule has 6 heteroatoms. The van der Waals surface area contributed by atoms with E-state index in [9.17, 15) is 13.6 Å². The lowest BCUT2D eigenvalue weighted by atomic mass is 10.2. The van der Waals surface area contributed by atoms with Crippen LogP contribution in [0.15, 0.2) is 30.3 Å². The first kappa shape index (κ1) is 12.2. The van der Waals surface area contributed by atoms with E-state index < -0.39 is 23.7 Å². The summed E-state index contributed by atoms with van der Waals surface area (Å²) in [6.45, 7) is 1.40. The van der Waals surface area contributed by atoms with Gasteiger partial charge in [0.25, 0.3) is 6.43 Å². The van der Waals surface area contributed by atoms with Crippen LogP contribution in [-0.2, 0) is 0 Å². The highest BCUT2D eigenvalue weighted by atomic mass is 19.3. The Kier molecular flexibility index (Phi) is 3.10. The van der Waals surface area contributed by atoms with Gasteiger partial charge in [-0.3, -0.25) is 0 Å². The zero-order valence-electron chi connectivity index (χ0n) is 9.47. The molecule has 0 atom stereocenters. The summed E-state index contributed by atoms with van der Waals surface area (Å²) < 4.78 is 27.0. The largest absolute Gasteiger partial charge is 0.478 e. The van der Waals surface area contributed by atoms with E-state index >= 15 is 0 Å². The van der Waals surface area contributed by atoms with E-state index in [1.807, 2.05) is 0 Å². The van der Waals surface area contributed by atoms with Gasteiger partial charge in [-0.25, -0.2) is 18.3 Å². The normalized spacial score (nSPS) is 10.9. The quantitative estimate of drug-likeness (QED) is 0.913. The maximum Gasteiger partial charge on any atom is 0.339 e. The van der Waals surface area contributed by atoms with Crippen molar-refractivity contribution in [3.05, 3.63) is 47.3 Å². The number of halogens is 2. The zero-order chi connectivity index (χ0) is 13.3. The van der Waals surface area contributed by atoms with Gasteiger partial charge in [0.15, 0.2) is 0 Å². The molecule has 18 heavy (non-hydrogen) atoms. The number of aromatic nitrogens is 2. The maximum atomic E-state index is 13.0. The number of aromatic carboxylic acids is 1. The fraction of sp³-hybridized carbons (Fsp3) is 0.167. The van der Waals surface area contributed by atoms with Crippen molar-refractivity contribution in [1.29, 1.82) is 0 Å². The van der Waals surface area contributed by atoms with E-state index in [0.29, 0.717) is 5.69 Å². The molecule has 0 aliphatic carbocycles. The van der Waals surface area contributed by atoms with Gasteiger partial charge in [0.2, 0.25) is 0 Å². The second kappa shape index (κ2) is 4.56. The number of alkyl halides is 2. The van der Waals surface area contributed by atoms with Gasteiger partial charge in [0.05, 0.1) is 11.4 Å². The van der Waals surface area contributed by atoms with E-state index in [1.165, 1.54) is 6.92 Å². The highest BCUT2D eigenvalue weighted by Gasteiger charge is 2.27. The molecule has 94 valence electrons. The summed E-state index contributed by atoms with van der Waals surface area (Å²) in [5.41, 5.74) is -0.551. The molecule has 1 aromatic heterocycles. The summed E-state index contributed by atoms with van der Waals surface area (Å²) in [4.78, 5) is 11.0. The fourth-order valence-electron chi connectivity index (χ4n) is 1.78. The zero-order valence-corrected chi connectivity index (χ0v) is 9.47. The van der Waals surface area contributed by atoms with Crippen LogP contribution in [0, 0.1) is 6.92 Å². The third-order valence-electron chi connectivity index (χ3n) is 2.52. The van der Waals surface area contributed by atoms with Crippen LogP contribution in [0.2, 0.25) is 0 Å². The lowest BCUT2D eigenvalue weighted by molar-refractivity contribution is 0.0682. The van der Waals surface area contributed by atoms with Crippen molar-refractivity contribution in [3.63, 3.8) is 0 Å². The van der Waals surface area contributed by atoms with Crippen LogP contribution < -0.4 is 0 Å². The smallest absolute Gasteiger partial charge is 0.339 e. The number of hydrogen-bond acceptors (Lipinski definition) is 2. The van der Waals surface area contributed by atoms with Gasteiger partial charge in [-0.15, -0.1) is 0 Å². The van der Waals surface area contributed by atoms with Crippen LogP contribution >= 0.6 is 0 Å². The molecule has 0 aliphatic heterocycles. The predicted molar refractivity (Wildman–Crippen MR) is 60.2 cm³/mol. The van der Waals surface area contributed by atoms with E-state index in [-0.39, 0.29) is 5.69 Å². The van der Waals surface area contributed by atoms with Gasteiger partial charge < -0.3 is 5.11 Å². The molecule has 1 N–H and O–H groups in total. The fourth-order valence-corrected chi connectivity index (χ4v) is 1.78. The van der Waals surface area contributed by atoms with E-state index in [4.69, 9.17) is 5.11 Å². The van der Waals surface area contributed by atoms with Crippen LogP contribution in [0.5, 0.6) is 0 Å². The van der Waals surface area contributed by atoms with Gasteiger partial charge in [-0.05, 0) is 19.1 Å². The average molecular weight is 252 g/mol. The van der Waals surface area contributed by atoms with Crippen LogP contribution in [0.1, 0.15) is 28.2 Å². The first-order valence-corrected chi connectivity index (χ1v) is 5.18. The number of hydrogen-bond donors (Lipinski definition) is 1. The molecule has 0 bridgehead atoms. The van der Waals surface area contributed by atoms with Crippen molar-refractivity contribution in [2.24, 2.45) is 0 Å². The minimum absolute atomic E-state index is 0.0710. The Morgan fingerprint density at radius 2 is 1.94 bits per heavy atom. The molecular weight excluding hydrogens is 242 g/mol. The van der Waals surface area contributed by atoms with Crippen molar-refractivity contribution >= 4 is 5.97 Å². The van der Waals surface area contributed by atoms with Crippen LogP contribution in [-0.4, -0.2) is 20.9 Å². The first-order valence-electron chi connectivity index (χ1n) is 5.18. The standard InChI is InChI=1S/C12H10F2N2O2/c1-7-9(12(17)18)10(11(13)14)16(15-7)8-5-3-2-4-6-8/h2-6,11H,1H3,(H,17,18). The summed E-state index contributed by atoms with van der Waals surface area (Å²) in [5, 5.41) is 12.8. The van der Waals surface area contributed by atoms with Crippen LogP contribution in [0.3, 0.4) is 0 Å². The molecule has 0 fully saturated rings. The maximum absolute atomic E-state index is 13.0. The second-order valence-corrected chi connectivity index (χ2v) is 3.70. The van der Waals surface area contributed by atoms with Gasteiger partial charge >= 0.3 is 5.97 Å². The summed E-state index contributed by atoms with van der Waals surface area (Å²) >= 11 is 0. The molecule has 0 amide bonds. The third-order valence-corrected chi connectivity index (χ3v) is 2.52. The molecule has 2 rings (SSSR count). The molecule has 1 aromatic carbocycles. The minimum atomic E-state index is -2.91. The van der Waals surface area contributed by atoms with Gasteiger partial charge in [0.1, 0.15) is 11.3 Å². The molecule has 0 radical (unpaired) electrons. The summed E-state index contributed by atoms with van der Waals surface area (Å²) in [5.74, 6) is -1.40. The summed E-state index contributed by atoms with van der Waals surface area (Å²) in [7, 11) is 0. The Morgan fingerprint density at radius 1 is 1.33 bits per heavy atom. The highest BCUT2D eigenvalue weighted by molar-refractivity contribution is 5.90. The van der Waals surface area contributed by atoms with E-state index in [2.05, 4.69) is 5.10 Å². The van der Waals surface area contributed by atoms with E-state index in [1.54, 1.807) is 30.3 Å². The van der Waals surface area contributed by atoms with Crippen LogP contribution in [0.25, 0.3) is 5.69 Å². The Morgan fingerprint density at radius 3 is 2.44 bits per heavy atom.